The summed E-state index contributed by atoms with van der Waals surface area (Å²) in [5.74, 6) is 0.00441. The van der Waals surface area contributed by atoms with E-state index in [1.165, 1.54) is 18.2 Å². The van der Waals surface area contributed by atoms with Crippen molar-refractivity contribution in [2.45, 2.75) is 36.2 Å². The van der Waals surface area contributed by atoms with E-state index in [9.17, 15) is 13.2 Å². The van der Waals surface area contributed by atoms with Crippen molar-refractivity contribution in [3.05, 3.63) is 88.9 Å². The summed E-state index contributed by atoms with van der Waals surface area (Å²) in [7, 11) is -4.03. The predicted octanol–water partition coefficient (Wildman–Crippen LogP) is 5.53. The molecule has 3 aromatic rings. The first-order valence-electron chi connectivity index (χ1n) is 11.1. The maximum absolute atomic E-state index is 13.6. The average Bonchev–Trinajstić information content (AvgIpc) is 2.85. The van der Waals surface area contributed by atoms with Crippen LogP contribution in [0.5, 0.6) is 5.75 Å². The third kappa shape index (κ3) is 7.24. The van der Waals surface area contributed by atoms with Gasteiger partial charge in [0.05, 0.1) is 29.1 Å². The lowest BCUT2D eigenvalue weighted by Crippen LogP contribution is -2.41. The molecule has 0 aromatic heterocycles. The molecule has 3 rings (SSSR count). The molecule has 0 aliphatic carbocycles. The molecule has 186 valence electrons. The van der Waals surface area contributed by atoms with E-state index in [4.69, 9.17) is 16.3 Å². The van der Waals surface area contributed by atoms with E-state index < -0.39 is 15.9 Å². The van der Waals surface area contributed by atoms with Crippen LogP contribution in [0, 0.1) is 0 Å². The number of hydrogen-bond donors (Lipinski definition) is 1. The van der Waals surface area contributed by atoms with Crippen LogP contribution in [0.3, 0.4) is 0 Å². The number of nitrogens with zero attached hydrogens (tertiary/aromatic N) is 1. The Morgan fingerprint density at radius 2 is 1.77 bits per heavy atom. The zero-order valence-corrected chi connectivity index (χ0v) is 22.3. The number of ether oxygens (including phenoxy) is 1. The van der Waals surface area contributed by atoms with Gasteiger partial charge in [0.25, 0.3) is 0 Å². The fourth-order valence-electron chi connectivity index (χ4n) is 3.50. The van der Waals surface area contributed by atoms with Crippen LogP contribution in [0.4, 0.5) is 0 Å². The monoisotopic (exact) mass is 532 g/mol. The molecule has 0 radical (unpaired) electrons. The second kappa shape index (κ2) is 12.4. The SMILES string of the molecule is CCOc1ccc(S(=O)(=O)N(CC(=O)N[C@H](C)c2ccc(SC)cc2)Cc2ccccc2)cc1Cl. The molecule has 1 N–H and O–H groups in total. The molecule has 0 aliphatic heterocycles. The van der Waals surface area contributed by atoms with Gasteiger partial charge in [0.1, 0.15) is 5.75 Å². The van der Waals surface area contributed by atoms with E-state index in [2.05, 4.69) is 5.32 Å². The number of nitrogens with one attached hydrogen (secondary N) is 1. The van der Waals surface area contributed by atoms with E-state index in [1.807, 2.05) is 74.7 Å². The minimum atomic E-state index is -4.03. The zero-order chi connectivity index (χ0) is 25.4. The van der Waals surface area contributed by atoms with Gasteiger partial charge in [-0.3, -0.25) is 4.79 Å². The second-order valence-corrected chi connectivity index (χ2v) is 11.1. The molecule has 0 bridgehead atoms. The van der Waals surface area contributed by atoms with Gasteiger partial charge in [-0.25, -0.2) is 8.42 Å². The molecular formula is C26H29ClN2O4S2. The fraction of sp³-hybridized carbons (Fsp3) is 0.269. The van der Waals surface area contributed by atoms with Gasteiger partial charge in [-0.05, 0) is 61.6 Å². The highest BCUT2D eigenvalue weighted by Gasteiger charge is 2.28. The van der Waals surface area contributed by atoms with Crippen molar-refractivity contribution in [2.75, 3.05) is 19.4 Å². The standard InChI is InChI=1S/C26H29ClN2O4S2/c1-4-33-25-15-14-23(16-24(25)27)35(31,32)29(17-20-8-6-5-7-9-20)18-26(30)28-19(2)21-10-12-22(34-3)13-11-21/h5-16,19H,4,17-18H2,1-3H3,(H,28,30)/t19-/m1/s1. The molecule has 0 spiro atoms. The minimum Gasteiger partial charge on any atom is -0.492 e. The van der Waals surface area contributed by atoms with Crippen molar-refractivity contribution in [1.29, 1.82) is 0 Å². The van der Waals surface area contributed by atoms with Gasteiger partial charge in [-0.1, -0.05) is 54.1 Å². The van der Waals surface area contributed by atoms with Crippen LogP contribution in [0.1, 0.15) is 31.0 Å². The first-order valence-corrected chi connectivity index (χ1v) is 14.2. The highest BCUT2D eigenvalue weighted by atomic mass is 35.5. The van der Waals surface area contributed by atoms with Crippen LogP contribution in [-0.2, 0) is 21.4 Å². The van der Waals surface area contributed by atoms with Crippen LogP contribution < -0.4 is 10.1 Å². The zero-order valence-electron chi connectivity index (χ0n) is 19.9. The van der Waals surface area contributed by atoms with Gasteiger partial charge in [0.15, 0.2) is 0 Å². The van der Waals surface area contributed by atoms with Crippen molar-refractivity contribution in [3.63, 3.8) is 0 Å². The van der Waals surface area contributed by atoms with E-state index in [-0.39, 0.29) is 29.0 Å². The van der Waals surface area contributed by atoms with E-state index in [0.29, 0.717) is 12.4 Å². The van der Waals surface area contributed by atoms with Gasteiger partial charge in [-0.15, -0.1) is 11.8 Å². The van der Waals surface area contributed by atoms with Crippen LogP contribution in [0.15, 0.2) is 82.6 Å². The number of carbonyl (C=O) groups excluding carboxylic acids is 1. The maximum Gasteiger partial charge on any atom is 0.243 e. The Kier molecular flexibility index (Phi) is 9.63. The van der Waals surface area contributed by atoms with Crippen LogP contribution in [0.25, 0.3) is 0 Å². The lowest BCUT2D eigenvalue weighted by Gasteiger charge is -2.23. The predicted molar refractivity (Wildman–Crippen MR) is 141 cm³/mol. The molecule has 0 saturated heterocycles. The van der Waals surface area contributed by atoms with Crippen molar-refractivity contribution >= 4 is 39.3 Å². The van der Waals surface area contributed by atoms with Gasteiger partial charge in [0.2, 0.25) is 15.9 Å². The van der Waals surface area contributed by atoms with Gasteiger partial charge in [-0.2, -0.15) is 4.31 Å². The van der Waals surface area contributed by atoms with E-state index in [0.717, 1.165) is 20.3 Å². The summed E-state index contributed by atoms with van der Waals surface area (Å²) in [5.41, 5.74) is 1.70. The third-order valence-electron chi connectivity index (χ3n) is 5.36. The molecule has 3 aromatic carbocycles. The van der Waals surface area contributed by atoms with E-state index in [1.54, 1.807) is 11.8 Å². The largest absolute Gasteiger partial charge is 0.492 e. The average molecular weight is 533 g/mol. The molecule has 1 amide bonds. The molecule has 1 atom stereocenters. The molecule has 0 fully saturated rings. The second-order valence-electron chi connectivity index (χ2n) is 7.85. The van der Waals surface area contributed by atoms with Crippen LogP contribution in [-0.4, -0.2) is 38.0 Å². The Labute approximate surface area is 216 Å². The summed E-state index contributed by atoms with van der Waals surface area (Å²) >= 11 is 7.89. The van der Waals surface area contributed by atoms with Crippen molar-refractivity contribution < 1.29 is 17.9 Å². The maximum atomic E-state index is 13.6. The van der Waals surface area contributed by atoms with Crippen LogP contribution in [0.2, 0.25) is 5.02 Å². The first kappa shape index (κ1) is 27.1. The Bertz CT molecular complexity index is 1240. The lowest BCUT2D eigenvalue weighted by atomic mass is 10.1. The number of rotatable bonds is 11. The smallest absolute Gasteiger partial charge is 0.243 e. The molecule has 9 heteroatoms. The van der Waals surface area contributed by atoms with Crippen LogP contribution >= 0.6 is 23.4 Å². The molecule has 0 heterocycles. The molecule has 35 heavy (non-hydrogen) atoms. The van der Waals surface area contributed by atoms with Gasteiger partial charge < -0.3 is 10.1 Å². The van der Waals surface area contributed by atoms with Crippen molar-refractivity contribution in [2.24, 2.45) is 0 Å². The molecule has 0 unspecified atom stereocenters. The highest BCUT2D eigenvalue weighted by molar-refractivity contribution is 7.98. The Balaban J connectivity index is 1.83. The molecule has 6 nitrogen and oxygen atoms in total. The number of halogens is 1. The van der Waals surface area contributed by atoms with E-state index >= 15 is 0 Å². The quantitative estimate of drug-likeness (QED) is 0.329. The lowest BCUT2D eigenvalue weighted by molar-refractivity contribution is -0.122. The molecule has 0 saturated carbocycles. The summed E-state index contributed by atoms with van der Waals surface area (Å²) in [5, 5.41) is 3.11. The Morgan fingerprint density at radius 1 is 1.09 bits per heavy atom. The summed E-state index contributed by atoms with van der Waals surface area (Å²) in [6.45, 7) is 3.80. The number of benzene rings is 3. The molecular weight excluding hydrogens is 504 g/mol. The summed E-state index contributed by atoms with van der Waals surface area (Å²) < 4.78 is 33.7. The normalized spacial score (nSPS) is 12.4. The van der Waals surface area contributed by atoms with Gasteiger partial charge >= 0.3 is 0 Å². The summed E-state index contributed by atoms with van der Waals surface area (Å²) in [4.78, 5) is 14.1. The number of sulfonamides is 1. The summed E-state index contributed by atoms with van der Waals surface area (Å²) in [6.07, 6.45) is 2.00. The highest BCUT2D eigenvalue weighted by Crippen LogP contribution is 2.29. The Hall–Kier alpha value is -2.52. The number of carbonyl (C=O) groups is 1. The topological polar surface area (TPSA) is 75.7 Å². The minimum absolute atomic E-state index is 0.00427. The van der Waals surface area contributed by atoms with Crippen molar-refractivity contribution in [3.8, 4) is 5.75 Å². The third-order valence-corrected chi connectivity index (χ3v) is 8.18. The number of hydrogen-bond acceptors (Lipinski definition) is 5. The summed E-state index contributed by atoms with van der Waals surface area (Å²) in [6, 6.07) is 21.1. The number of thioether (sulfide) groups is 1. The number of amides is 1. The van der Waals surface area contributed by atoms with Gasteiger partial charge in [0, 0.05) is 11.4 Å². The van der Waals surface area contributed by atoms with Crippen molar-refractivity contribution in [1.82, 2.24) is 9.62 Å². The fourth-order valence-corrected chi connectivity index (χ4v) is 5.62. The Morgan fingerprint density at radius 3 is 2.37 bits per heavy atom. The first-order chi connectivity index (χ1) is 16.7. The molecule has 0 aliphatic rings.